The van der Waals surface area contributed by atoms with Crippen molar-refractivity contribution in [1.29, 1.82) is 0 Å². The summed E-state index contributed by atoms with van der Waals surface area (Å²) in [4.78, 5) is 10.8. The van der Waals surface area contributed by atoms with Gasteiger partial charge >= 0.3 is 5.97 Å². The Kier molecular flexibility index (Phi) is 1.77. The molecule has 0 unspecified atom stereocenters. The fraction of sp³-hybridized carbons (Fsp3) is 0.100. The SMILES string of the molecule is Cn1cc(C(=O)O)c2ccc(F)cc21. The van der Waals surface area contributed by atoms with Gasteiger partial charge in [0.2, 0.25) is 0 Å². The Labute approximate surface area is 79.4 Å². The van der Waals surface area contributed by atoms with E-state index in [9.17, 15) is 9.18 Å². The summed E-state index contributed by atoms with van der Waals surface area (Å²) in [6, 6.07) is 4.06. The van der Waals surface area contributed by atoms with Crippen molar-refractivity contribution >= 4 is 16.9 Å². The third-order valence-corrected chi connectivity index (χ3v) is 2.18. The minimum absolute atomic E-state index is 0.197. The van der Waals surface area contributed by atoms with Crippen molar-refractivity contribution in [2.45, 2.75) is 0 Å². The highest BCUT2D eigenvalue weighted by molar-refractivity contribution is 6.03. The van der Waals surface area contributed by atoms with Crippen molar-refractivity contribution in [3.63, 3.8) is 0 Å². The number of carboxylic acids is 1. The smallest absolute Gasteiger partial charge is 0.337 e. The molecule has 0 atom stereocenters. The molecule has 2 rings (SSSR count). The van der Waals surface area contributed by atoms with E-state index in [1.165, 1.54) is 24.4 Å². The summed E-state index contributed by atoms with van der Waals surface area (Å²) in [5.41, 5.74) is 0.782. The number of aromatic nitrogens is 1. The van der Waals surface area contributed by atoms with Crippen LogP contribution in [0.1, 0.15) is 10.4 Å². The van der Waals surface area contributed by atoms with Crippen LogP contribution in [-0.4, -0.2) is 15.6 Å². The molecule has 0 saturated carbocycles. The van der Waals surface area contributed by atoms with Crippen molar-refractivity contribution in [3.05, 3.63) is 35.8 Å². The number of benzene rings is 1. The number of hydrogen-bond donors (Lipinski definition) is 1. The highest BCUT2D eigenvalue weighted by Crippen LogP contribution is 2.21. The van der Waals surface area contributed by atoms with E-state index < -0.39 is 5.97 Å². The summed E-state index contributed by atoms with van der Waals surface area (Å²) < 4.78 is 14.5. The minimum Gasteiger partial charge on any atom is -0.478 e. The van der Waals surface area contributed by atoms with Gasteiger partial charge in [0, 0.05) is 18.6 Å². The van der Waals surface area contributed by atoms with E-state index in [0.29, 0.717) is 10.9 Å². The lowest BCUT2D eigenvalue weighted by Crippen LogP contribution is -1.93. The first-order chi connectivity index (χ1) is 6.59. The summed E-state index contributed by atoms with van der Waals surface area (Å²) >= 11 is 0. The number of rotatable bonds is 1. The van der Waals surface area contributed by atoms with E-state index in [1.807, 2.05) is 0 Å². The molecule has 0 saturated heterocycles. The largest absolute Gasteiger partial charge is 0.478 e. The van der Waals surface area contributed by atoms with Crippen LogP contribution in [0.25, 0.3) is 10.9 Å². The van der Waals surface area contributed by atoms with E-state index >= 15 is 0 Å². The number of carbonyl (C=O) groups is 1. The van der Waals surface area contributed by atoms with Gasteiger partial charge in [0.05, 0.1) is 11.1 Å². The van der Waals surface area contributed by atoms with Crippen LogP contribution in [0.2, 0.25) is 0 Å². The standard InChI is InChI=1S/C10H8FNO2/c1-12-5-8(10(13)14)7-3-2-6(11)4-9(7)12/h2-5H,1H3,(H,13,14). The van der Waals surface area contributed by atoms with Gasteiger partial charge in [0.15, 0.2) is 0 Å². The molecule has 4 heteroatoms. The Hall–Kier alpha value is -1.84. The molecule has 72 valence electrons. The van der Waals surface area contributed by atoms with Crippen molar-refractivity contribution in [2.75, 3.05) is 0 Å². The molecule has 0 fully saturated rings. The molecule has 0 aliphatic carbocycles. The lowest BCUT2D eigenvalue weighted by atomic mass is 10.2. The van der Waals surface area contributed by atoms with Crippen LogP contribution in [0, 0.1) is 5.82 Å². The molecule has 0 radical (unpaired) electrons. The van der Waals surface area contributed by atoms with Gasteiger partial charge in [-0.1, -0.05) is 0 Å². The Morgan fingerprint density at radius 3 is 2.86 bits per heavy atom. The molecule has 2 aromatic rings. The molecular weight excluding hydrogens is 185 g/mol. The van der Waals surface area contributed by atoms with E-state index in [1.54, 1.807) is 11.6 Å². The number of aryl methyl sites for hydroxylation is 1. The normalized spacial score (nSPS) is 10.7. The first-order valence-corrected chi connectivity index (χ1v) is 4.07. The molecule has 1 aromatic heterocycles. The number of nitrogens with zero attached hydrogens (tertiary/aromatic N) is 1. The molecule has 0 aliphatic rings. The van der Waals surface area contributed by atoms with Gasteiger partial charge in [-0.05, 0) is 18.2 Å². The van der Waals surface area contributed by atoms with Crippen LogP contribution >= 0.6 is 0 Å². The van der Waals surface area contributed by atoms with E-state index in [-0.39, 0.29) is 11.4 Å². The molecule has 1 heterocycles. The highest BCUT2D eigenvalue weighted by atomic mass is 19.1. The van der Waals surface area contributed by atoms with Crippen LogP contribution in [0.4, 0.5) is 4.39 Å². The van der Waals surface area contributed by atoms with Crippen molar-refractivity contribution in [3.8, 4) is 0 Å². The predicted molar refractivity (Wildman–Crippen MR) is 49.8 cm³/mol. The Balaban J connectivity index is 2.84. The molecule has 3 nitrogen and oxygen atoms in total. The molecule has 14 heavy (non-hydrogen) atoms. The van der Waals surface area contributed by atoms with Gasteiger partial charge in [-0.15, -0.1) is 0 Å². The second kappa shape index (κ2) is 2.83. The summed E-state index contributed by atoms with van der Waals surface area (Å²) in [6.07, 6.45) is 1.48. The number of carboxylic acid groups (broad SMARTS) is 1. The average Bonchev–Trinajstić information content (AvgIpc) is 2.44. The van der Waals surface area contributed by atoms with E-state index in [2.05, 4.69) is 0 Å². The molecule has 0 amide bonds. The van der Waals surface area contributed by atoms with Gasteiger partial charge in [-0.2, -0.15) is 0 Å². The Morgan fingerprint density at radius 2 is 2.21 bits per heavy atom. The molecule has 0 bridgehead atoms. The topological polar surface area (TPSA) is 42.2 Å². The van der Waals surface area contributed by atoms with Crippen LogP contribution in [0.15, 0.2) is 24.4 Å². The molecule has 0 spiro atoms. The van der Waals surface area contributed by atoms with Gasteiger partial charge < -0.3 is 9.67 Å². The lowest BCUT2D eigenvalue weighted by Gasteiger charge is -1.94. The summed E-state index contributed by atoms with van der Waals surface area (Å²) in [5.74, 6) is -1.36. The first-order valence-electron chi connectivity index (χ1n) is 4.07. The summed E-state index contributed by atoms with van der Waals surface area (Å²) in [5, 5.41) is 9.42. The summed E-state index contributed by atoms with van der Waals surface area (Å²) in [6.45, 7) is 0. The maximum atomic E-state index is 12.9. The number of fused-ring (bicyclic) bond motifs is 1. The van der Waals surface area contributed by atoms with Gasteiger partial charge in [0.25, 0.3) is 0 Å². The quantitative estimate of drug-likeness (QED) is 0.752. The van der Waals surface area contributed by atoms with Gasteiger partial charge in [-0.25, -0.2) is 9.18 Å². The number of halogens is 1. The monoisotopic (exact) mass is 193 g/mol. The molecule has 0 aliphatic heterocycles. The second-order valence-corrected chi connectivity index (χ2v) is 3.12. The van der Waals surface area contributed by atoms with Crippen molar-refractivity contribution < 1.29 is 14.3 Å². The Bertz CT molecular complexity index is 516. The van der Waals surface area contributed by atoms with Crippen LogP contribution in [-0.2, 0) is 7.05 Å². The lowest BCUT2D eigenvalue weighted by molar-refractivity contribution is 0.0699. The third-order valence-electron chi connectivity index (χ3n) is 2.18. The van der Waals surface area contributed by atoms with Gasteiger partial charge in [-0.3, -0.25) is 0 Å². The predicted octanol–water partition coefficient (Wildman–Crippen LogP) is 2.02. The fourth-order valence-electron chi connectivity index (χ4n) is 1.53. The first kappa shape index (κ1) is 8.74. The van der Waals surface area contributed by atoms with Crippen LogP contribution in [0.5, 0.6) is 0 Å². The van der Waals surface area contributed by atoms with E-state index in [0.717, 1.165) is 0 Å². The van der Waals surface area contributed by atoms with Crippen LogP contribution < -0.4 is 0 Å². The zero-order chi connectivity index (χ0) is 10.3. The average molecular weight is 193 g/mol. The number of hydrogen-bond acceptors (Lipinski definition) is 1. The molecular formula is C10H8FNO2. The Morgan fingerprint density at radius 1 is 1.50 bits per heavy atom. The van der Waals surface area contributed by atoms with Gasteiger partial charge in [0.1, 0.15) is 5.82 Å². The highest BCUT2D eigenvalue weighted by Gasteiger charge is 2.12. The summed E-state index contributed by atoms with van der Waals surface area (Å²) in [7, 11) is 1.69. The van der Waals surface area contributed by atoms with Crippen molar-refractivity contribution in [1.82, 2.24) is 4.57 Å². The minimum atomic E-state index is -0.998. The number of aromatic carboxylic acids is 1. The van der Waals surface area contributed by atoms with E-state index in [4.69, 9.17) is 5.11 Å². The maximum absolute atomic E-state index is 12.9. The second-order valence-electron chi connectivity index (χ2n) is 3.12. The fourth-order valence-corrected chi connectivity index (χ4v) is 1.53. The maximum Gasteiger partial charge on any atom is 0.337 e. The van der Waals surface area contributed by atoms with Crippen LogP contribution in [0.3, 0.4) is 0 Å². The van der Waals surface area contributed by atoms with Crippen molar-refractivity contribution in [2.24, 2.45) is 7.05 Å². The third kappa shape index (κ3) is 1.16. The zero-order valence-corrected chi connectivity index (χ0v) is 7.49. The molecule has 1 aromatic carbocycles. The zero-order valence-electron chi connectivity index (χ0n) is 7.49. The molecule has 1 N–H and O–H groups in total.